The van der Waals surface area contributed by atoms with Gasteiger partial charge >= 0.3 is 0 Å². The van der Waals surface area contributed by atoms with Gasteiger partial charge in [-0.2, -0.15) is 4.98 Å². The molecule has 2 atom stereocenters. The first-order valence-electron chi connectivity index (χ1n) is 11.6. The molecule has 1 saturated heterocycles. The second-order valence-corrected chi connectivity index (χ2v) is 9.76. The predicted octanol–water partition coefficient (Wildman–Crippen LogP) is 1.84. The third-order valence-corrected chi connectivity index (χ3v) is 7.09. The van der Waals surface area contributed by atoms with Gasteiger partial charge in [0.05, 0.1) is 10.5 Å². The molecule has 1 aliphatic heterocycles. The number of anilines is 4. The van der Waals surface area contributed by atoms with Crippen LogP contribution in [0.25, 0.3) is 0 Å². The molecule has 0 radical (unpaired) electrons. The molecule has 186 valence electrons. The maximum absolute atomic E-state index is 12.4. The normalized spacial score (nSPS) is 20.1. The largest absolute Gasteiger partial charge is 0.369 e. The van der Waals surface area contributed by atoms with Crippen LogP contribution in [0.1, 0.15) is 32.1 Å². The number of hydrogen-bond donors (Lipinski definition) is 6. The van der Waals surface area contributed by atoms with Crippen molar-refractivity contribution in [3.05, 3.63) is 34.9 Å². The third kappa shape index (κ3) is 5.70. The molecular weight excluding hydrogens is 516 g/mol. The SMILES string of the molecule is NC(=O)C1(C(N)=O)CC1CCCNc1nc(Nc2cccc(NC(=O)[C@@H]3CCCN3)c2)ncc1Br. The number of nitrogens with one attached hydrogen (secondary N) is 4. The summed E-state index contributed by atoms with van der Waals surface area (Å²) in [6.07, 6.45) is 5.26. The van der Waals surface area contributed by atoms with Crippen molar-refractivity contribution in [3.8, 4) is 0 Å². The van der Waals surface area contributed by atoms with E-state index in [1.54, 1.807) is 6.20 Å². The van der Waals surface area contributed by atoms with E-state index in [2.05, 4.69) is 47.2 Å². The van der Waals surface area contributed by atoms with Crippen LogP contribution in [0, 0.1) is 11.3 Å². The van der Waals surface area contributed by atoms with Crippen LogP contribution < -0.4 is 32.7 Å². The highest BCUT2D eigenvalue weighted by atomic mass is 79.9. The molecule has 1 aromatic carbocycles. The lowest BCUT2D eigenvalue weighted by molar-refractivity contribution is -0.134. The first kappa shape index (κ1) is 24.9. The first-order chi connectivity index (χ1) is 16.8. The van der Waals surface area contributed by atoms with Gasteiger partial charge in [-0.15, -0.1) is 0 Å². The highest BCUT2D eigenvalue weighted by molar-refractivity contribution is 9.10. The molecule has 11 nitrogen and oxygen atoms in total. The van der Waals surface area contributed by atoms with Crippen molar-refractivity contribution in [2.24, 2.45) is 22.8 Å². The number of nitrogens with zero attached hydrogens (tertiary/aromatic N) is 2. The Labute approximate surface area is 211 Å². The summed E-state index contributed by atoms with van der Waals surface area (Å²) in [5, 5.41) is 12.5. The molecule has 8 N–H and O–H groups in total. The molecule has 1 unspecified atom stereocenters. The van der Waals surface area contributed by atoms with Gasteiger partial charge in [-0.25, -0.2) is 4.98 Å². The van der Waals surface area contributed by atoms with E-state index in [4.69, 9.17) is 11.5 Å². The van der Waals surface area contributed by atoms with Gasteiger partial charge in [0.25, 0.3) is 0 Å². The summed E-state index contributed by atoms with van der Waals surface area (Å²) < 4.78 is 0.697. The van der Waals surface area contributed by atoms with Gasteiger partial charge in [0.15, 0.2) is 0 Å². The summed E-state index contributed by atoms with van der Waals surface area (Å²) in [5.74, 6) is -0.442. The summed E-state index contributed by atoms with van der Waals surface area (Å²) in [7, 11) is 0. The quantitative estimate of drug-likeness (QED) is 0.183. The zero-order valence-corrected chi connectivity index (χ0v) is 20.7. The van der Waals surface area contributed by atoms with E-state index < -0.39 is 17.2 Å². The molecule has 3 amide bonds. The molecule has 35 heavy (non-hydrogen) atoms. The van der Waals surface area contributed by atoms with Gasteiger partial charge in [0.2, 0.25) is 23.7 Å². The molecule has 0 bridgehead atoms. The van der Waals surface area contributed by atoms with Crippen LogP contribution in [0.2, 0.25) is 0 Å². The molecule has 1 aliphatic carbocycles. The monoisotopic (exact) mass is 544 g/mol. The minimum absolute atomic E-state index is 0.0406. The van der Waals surface area contributed by atoms with Crippen LogP contribution in [0.5, 0.6) is 0 Å². The van der Waals surface area contributed by atoms with E-state index in [1.165, 1.54) is 0 Å². The molecule has 12 heteroatoms. The summed E-state index contributed by atoms with van der Waals surface area (Å²) in [5.41, 5.74) is 11.0. The van der Waals surface area contributed by atoms with Gasteiger partial charge in [0, 0.05) is 24.1 Å². The second kappa shape index (κ2) is 10.6. The molecule has 4 rings (SSSR count). The van der Waals surface area contributed by atoms with Gasteiger partial charge < -0.3 is 32.7 Å². The van der Waals surface area contributed by atoms with Crippen molar-refractivity contribution in [3.63, 3.8) is 0 Å². The van der Waals surface area contributed by atoms with Gasteiger partial charge in [0.1, 0.15) is 11.2 Å². The second-order valence-electron chi connectivity index (χ2n) is 8.90. The summed E-state index contributed by atoms with van der Waals surface area (Å²) in [6, 6.07) is 7.21. The molecule has 0 spiro atoms. The number of halogens is 1. The molecule has 2 aromatic rings. The highest BCUT2D eigenvalue weighted by Gasteiger charge is 2.63. The maximum atomic E-state index is 12.4. The lowest BCUT2D eigenvalue weighted by Gasteiger charge is -2.13. The molecular formula is C23H29BrN8O3. The van der Waals surface area contributed by atoms with Crippen molar-refractivity contribution in [1.82, 2.24) is 15.3 Å². The summed E-state index contributed by atoms with van der Waals surface area (Å²) in [6.45, 7) is 1.44. The minimum atomic E-state index is -1.19. The highest BCUT2D eigenvalue weighted by Crippen LogP contribution is 2.54. The number of nitrogens with two attached hydrogens (primary N) is 2. The fourth-order valence-corrected chi connectivity index (χ4v) is 4.78. The van der Waals surface area contributed by atoms with Crippen molar-refractivity contribution < 1.29 is 14.4 Å². The van der Waals surface area contributed by atoms with Crippen LogP contribution >= 0.6 is 15.9 Å². The van der Waals surface area contributed by atoms with E-state index in [9.17, 15) is 14.4 Å². The van der Waals surface area contributed by atoms with E-state index in [0.717, 1.165) is 25.1 Å². The number of primary amides is 2. The van der Waals surface area contributed by atoms with Crippen LogP contribution in [-0.2, 0) is 14.4 Å². The molecule has 2 aliphatic rings. The van der Waals surface area contributed by atoms with Crippen LogP contribution in [0.3, 0.4) is 0 Å². The number of amides is 3. The Morgan fingerprint density at radius 2 is 1.97 bits per heavy atom. The van der Waals surface area contributed by atoms with Gasteiger partial charge in [-0.3, -0.25) is 14.4 Å². The number of hydrogen-bond acceptors (Lipinski definition) is 8. The van der Waals surface area contributed by atoms with Crippen molar-refractivity contribution in [2.45, 2.75) is 38.1 Å². The number of aromatic nitrogens is 2. The maximum Gasteiger partial charge on any atom is 0.241 e. The van der Waals surface area contributed by atoms with Gasteiger partial charge in [-0.1, -0.05) is 6.07 Å². The van der Waals surface area contributed by atoms with Crippen molar-refractivity contribution in [1.29, 1.82) is 0 Å². The van der Waals surface area contributed by atoms with E-state index >= 15 is 0 Å². The lowest BCUT2D eigenvalue weighted by atomic mass is 10.00. The number of carbonyl (C=O) groups is 3. The van der Waals surface area contributed by atoms with Crippen molar-refractivity contribution >= 4 is 56.8 Å². The molecule has 2 fully saturated rings. The average Bonchev–Trinajstić information content (AvgIpc) is 3.31. The zero-order valence-electron chi connectivity index (χ0n) is 19.1. The third-order valence-electron chi connectivity index (χ3n) is 6.51. The summed E-state index contributed by atoms with van der Waals surface area (Å²) >= 11 is 3.45. The fraction of sp³-hybridized carbons (Fsp3) is 0.435. The molecule has 1 aromatic heterocycles. The van der Waals surface area contributed by atoms with Crippen molar-refractivity contribution in [2.75, 3.05) is 29.0 Å². The Kier molecular flexibility index (Phi) is 7.51. The minimum Gasteiger partial charge on any atom is -0.369 e. The summed E-state index contributed by atoms with van der Waals surface area (Å²) in [4.78, 5) is 44.4. The zero-order chi connectivity index (χ0) is 25.0. The van der Waals surface area contributed by atoms with E-state index in [-0.39, 0.29) is 17.9 Å². The Hall–Kier alpha value is -3.25. The van der Waals surface area contributed by atoms with Crippen LogP contribution in [0.4, 0.5) is 23.1 Å². The van der Waals surface area contributed by atoms with E-state index in [1.807, 2.05) is 24.3 Å². The topological polar surface area (TPSA) is 177 Å². The predicted molar refractivity (Wildman–Crippen MR) is 136 cm³/mol. The number of benzene rings is 1. The Morgan fingerprint density at radius 3 is 2.66 bits per heavy atom. The average molecular weight is 545 g/mol. The molecule has 2 heterocycles. The Balaban J connectivity index is 1.30. The number of rotatable bonds is 11. The fourth-order valence-electron chi connectivity index (χ4n) is 4.45. The molecule has 1 saturated carbocycles. The Morgan fingerprint density at radius 1 is 1.20 bits per heavy atom. The smallest absolute Gasteiger partial charge is 0.241 e. The number of carbonyl (C=O) groups excluding carboxylic acids is 3. The Bertz CT molecular complexity index is 1110. The van der Waals surface area contributed by atoms with E-state index in [0.29, 0.717) is 47.7 Å². The van der Waals surface area contributed by atoms with Gasteiger partial charge in [-0.05, 0) is 78.7 Å². The van der Waals surface area contributed by atoms with Crippen LogP contribution in [-0.4, -0.2) is 46.8 Å². The lowest BCUT2D eigenvalue weighted by Crippen LogP contribution is -2.38. The first-order valence-corrected chi connectivity index (χ1v) is 12.4. The standard InChI is InChI=1S/C23H29BrN8O3/c24-16-12-29-22(31-15-6-1-5-14(10-15)30-19(33)17-7-3-8-27-17)32-18(16)28-9-2-4-13-11-23(13,20(25)34)21(26)35/h1,5-6,10,12-13,17,27H,2-4,7-9,11H2,(H2,25,34)(H2,26,35)(H,30,33)(H2,28,29,31,32)/t13?,17-/m0/s1. The van der Waals surface area contributed by atoms with Crippen LogP contribution in [0.15, 0.2) is 34.9 Å².